The van der Waals surface area contributed by atoms with E-state index in [1.807, 2.05) is 6.92 Å². The molecule has 0 fully saturated rings. The lowest BCUT2D eigenvalue weighted by atomic mass is 10.1. The molecule has 0 aliphatic rings. The first-order chi connectivity index (χ1) is 9.04. The van der Waals surface area contributed by atoms with E-state index in [1.165, 1.54) is 6.07 Å². The van der Waals surface area contributed by atoms with Crippen molar-refractivity contribution < 1.29 is 4.79 Å². The predicted molar refractivity (Wildman–Crippen MR) is 78.9 cm³/mol. The maximum absolute atomic E-state index is 11.9. The number of anilines is 1. The Labute approximate surface area is 124 Å². The van der Waals surface area contributed by atoms with Crippen LogP contribution in [-0.4, -0.2) is 20.7 Å². The largest absolute Gasteiger partial charge is 0.322 e. The van der Waals surface area contributed by atoms with Crippen molar-refractivity contribution in [3.05, 3.63) is 16.1 Å². The summed E-state index contributed by atoms with van der Waals surface area (Å²) >= 11 is 13.1. The van der Waals surface area contributed by atoms with E-state index in [0.29, 0.717) is 33.2 Å². The summed E-state index contributed by atoms with van der Waals surface area (Å²) in [6, 6.07) is 0.965. The van der Waals surface area contributed by atoms with Gasteiger partial charge in [-0.1, -0.05) is 36.5 Å². The molecule has 1 aromatic carbocycles. The summed E-state index contributed by atoms with van der Waals surface area (Å²) in [6.45, 7) is 1.96. The van der Waals surface area contributed by atoms with Crippen LogP contribution < -0.4 is 11.1 Å². The highest BCUT2D eigenvalue weighted by atomic mass is 35.5. The van der Waals surface area contributed by atoms with Crippen molar-refractivity contribution in [3.63, 3.8) is 0 Å². The molecule has 0 spiro atoms. The van der Waals surface area contributed by atoms with Crippen LogP contribution in [0.1, 0.15) is 19.8 Å². The molecule has 5 nitrogen and oxygen atoms in total. The number of nitrogens with zero attached hydrogens (tertiary/aromatic N) is 2. The third-order valence-corrected chi connectivity index (χ3v) is 3.74. The third-order valence-electron chi connectivity index (χ3n) is 2.63. The Balaban J connectivity index is 2.35. The third kappa shape index (κ3) is 2.97. The van der Waals surface area contributed by atoms with Gasteiger partial charge in [0.1, 0.15) is 11.0 Å². The molecule has 19 heavy (non-hydrogen) atoms. The molecule has 0 saturated heterocycles. The van der Waals surface area contributed by atoms with Gasteiger partial charge in [0.05, 0.1) is 33.5 Å². The van der Waals surface area contributed by atoms with Crippen molar-refractivity contribution in [2.24, 2.45) is 5.73 Å². The number of benzene rings is 1. The molecule has 0 radical (unpaired) electrons. The van der Waals surface area contributed by atoms with Gasteiger partial charge in [-0.2, -0.15) is 8.75 Å². The fourth-order valence-corrected chi connectivity index (χ4v) is 2.81. The number of amides is 1. The number of hydrogen-bond donors (Lipinski definition) is 2. The van der Waals surface area contributed by atoms with Gasteiger partial charge in [-0.05, 0) is 12.5 Å². The quantitative estimate of drug-likeness (QED) is 0.907. The van der Waals surface area contributed by atoms with Crippen molar-refractivity contribution in [1.29, 1.82) is 0 Å². The molecule has 3 N–H and O–H groups in total. The molecule has 1 unspecified atom stereocenters. The summed E-state index contributed by atoms with van der Waals surface area (Å²) < 4.78 is 8.17. The Kier molecular flexibility index (Phi) is 4.57. The van der Waals surface area contributed by atoms with Gasteiger partial charge < -0.3 is 11.1 Å². The second kappa shape index (κ2) is 6.00. The maximum Gasteiger partial charge on any atom is 0.241 e. The number of carbonyl (C=O) groups is 1. The molecule has 1 atom stereocenters. The van der Waals surface area contributed by atoms with Crippen LogP contribution in [0.25, 0.3) is 11.0 Å². The number of fused-ring (bicyclic) bond motifs is 1. The SMILES string of the molecule is CCCC(N)C(=O)Nc1c(Cl)cc(Cl)c2nsnc12. The van der Waals surface area contributed by atoms with Crippen molar-refractivity contribution in [3.8, 4) is 0 Å². The van der Waals surface area contributed by atoms with Crippen molar-refractivity contribution in [2.45, 2.75) is 25.8 Å². The average molecular weight is 319 g/mol. The highest BCUT2D eigenvalue weighted by Crippen LogP contribution is 2.35. The van der Waals surface area contributed by atoms with E-state index in [0.717, 1.165) is 18.1 Å². The molecule has 2 aromatic rings. The standard InChI is InChI=1S/C11H12Cl2N4OS/c1-2-3-7(14)11(18)15-8-5(12)4-6(13)9-10(8)17-19-16-9/h4,7H,2-3,14H2,1H3,(H,15,18). The van der Waals surface area contributed by atoms with Gasteiger partial charge in [0.15, 0.2) is 0 Å². The second-order valence-electron chi connectivity index (χ2n) is 4.06. The van der Waals surface area contributed by atoms with E-state index in [2.05, 4.69) is 14.1 Å². The smallest absolute Gasteiger partial charge is 0.241 e. The number of aromatic nitrogens is 2. The molecule has 0 aliphatic carbocycles. The first kappa shape index (κ1) is 14.5. The van der Waals surface area contributed by atoms with Crippen LogP contribution in [-0.2, 0) is 4.79 Å². The number of carbonyl (C=O) groups excluding carboxylic acids is 1. The fraction of sp³-hybridized carbons (Fsp3) is 0.364. The maximum atomic E-state index is 11.9. The van der Waals surface area contributed by atoms with Crippen molar-refractivity contribution in [2.75, 3.05) is 5.32 Å². The molecule has 1 amide bonds. The molecular weight excluding hydrogens is 307 g/mol. The normalized spacial score (nSPS) is 12.6. The number of nitrogens with one attached hydrogen (secondary N) is 1. The van der Waals surface area contributed by atoms with Gasteiger partial charge in [-0.15, -0.1) is 0 Å². The number of halogens is 2. The van der Waals surface area contributed by atoms with E-state index in [1.54, 1.807) is 0 Å². The number of hydrogen-bond acceptors (Lipinski definition) is 5. The first-order valence-electron chi connectivity index (χ1n) is 5.71. The van der Waals surface area contributed by atoms with E-state index < -0.39 is 6.04 Å². The molecule has 102 valence electrons. The summed E-state index contributed by atoms with van der Waals surface area (Å²) in [6.07, 6.45) is 1.44. The summed E-state index contributed by atoms with van der Waals surface area (Å²) in [4.78, 5) is 11.9. The molecular formula is C11H12Cl2N4OS. The van der Waals surface area contributed by atoms with Crippen LogP contribution in [0.5, 0.6) is 0 Å². The lowest BCUT2D eigenvalue weighted by Crippen LogP contribution is -2.35. The molecule has 0 aliphatic heterocycles. The van der Waals surface area contributed by atoms with E-state index >= 15 is 0 Å². The van der Waals surface area contributed by atoms with Crippen LogP contribution >= 0.6 is 34.9 Å². The highest BCUT2D eigenvalue weighted by molar-refractivity contribution is 7.00. The predicted octanol–water partition coefficient (Wildman–Crippen LogP) is 3.06. The van der Waals surface area contributed by atoms with Gasteiger partial charge >= 0.3 is 0 Å². The van der Waals surface area contributed by atoms with Gasteiger partial charge in [0.2, 0.25) is 5.91 Å². The van der Waals surface area contributed by atoms with Crippen LogP contribution in [0.3, 0.4) is 0 Å². The van der Waals surface area contributed by atoms with Gasteiger partial charge in [0, 0.05) is 0 Å². The molecule has 1 heterocycles. The Hall–Kier alpha value is -0.950. The average Bonchev–Trinajstić information content (AvgIpc) is 2.84. The van der Waals surface area contributed by atoms with Gasteiger partial charge in [-0.25, -0.2) is 0 Å². The van der Waals surface area contributed by atoms with Crippen molar-refractivity contribution in [1.82, 2.24) is 8.75 Å². The zero-order chi connectivity index (χ0) is 14.0. The molecule has 2 rings (SSSR count). The molecule has 8 heteroatoms. The molecule has 0 bridgehead atoms. The monoisotopic (exact) mass is 318 g/mol. The zero-order valence-corrected chi connectivity index (χ0v) is 12.4. The minimum atomic E-state index is -0.571. The minimum Gasteiger partial charge on any atom is -0.322 e. The zero-order valence-electron chi connectivity index (χ0n) is 10.1. The Morgan fingerprint density at radius 2 is 2.11 bits per heavy atom. The Morgan fingerprint density at radius 1 is 1.42 bits per heavy atom. The Bertz CT molecular complexity index is 616. The van der Waals surface area contributed by atoms with E-state index in [9.17, 15) is 4.79 Å². The van der Waals surface area contributed by atoms with Gasteiger partial charge in [-0.3, -0.25) is 4.79 Å². The Morgan fingerprint density at radius 3 is 2.79 bits per heavy atom. The van der Waals surface area contributed by atoms with Crippen molar-refractivity contribution >= 4 is 57.6 Å². The van der Waals surface area contributed by atoms with E-state index in [4.69, 9.17) is 28.9 Å². The van der Waals surface area contributed by atoms with Crippen LogP contribution in [0, 0.1) is 0 Å². The summed E-state index contributed by atoms with van der Waals surface area (Å²) in [5, 5.41) is 3.43. The van der Waals surface area contributed by atoms with Crippen LogP contribution in [0.2, 0.25) is 10.0 Å². The topological polar surface area (TPSA) is 80.9 Å². The first-order valence-corrected chi connectivity index (χ1v) is 7.20. The fourth-order valence-electron chi connectivity index (χ4n) is 1.65. The van der Waals surface area contributed by atoms with Crippen LogP contribution in [0.15, 0.2) is 6.07 Å². The molecule has 1 aromatic heterocycles. The summed E-state index contributed by atoms with van der Waals surface area (Å²) in [5.41, 5.74) is 7.18. The minimum absolute atomic E-state index is 0.291. The van der Waals surface area contributed by atoms with Crippen LogP contribution in [0.4, 0.5) is 5.69 Å². The highest BCUT2D eigenvalue weighted by Gasteiger charge is 2.19. The summed E-state index contributed by atoms with van der Waals surface area (Å²) in [5.74, 6) is -0.291. The number of rotatable bonds is 4. The second-order valence-corrected chi connectivity index (χ2v) is 5.40. The van der Waals surface area contributed by atoms with E-state index in [-0.39, 0.29) is 5.91 Å². The van der Waals surface area contributed by atoms with Gasteiger partial charge in [0.25, 0.3) is 0 Å². The lowest BCUT2D eigenvalue weighted by molar-refractivity contribution is -0.117. The lowest BCUT2D eigenvalue weighted by Gasteiger charge is -2.12. The number of nitrogens with two attached hydrogens (primary N) is 1. The summed E-state index contributed by atoms with van der Waals surface area (Å²) in [7, 11) is 0. The molecule has 0 saturated carbocycles.